The summed E-state index contributed by atoms with van der Waals surface area (Å²) in [4.78, 5) is 23.9. The topological polar surface area (TPSA) is 58.1 Å². The number of carbonyl (C=O) groups excluding carboxylic acids is 1. The summed E-state index contributed by atoms with van der Waals surface area (Å²) in [7, 11) is 0. The van der Waals surface area contributed by atoms with Crippen LogP contribution in [0.1, 0.15) is 80.5 Å². The number of anilines is 1. The van der Waals surface area contributed by atoms with Crippen molar-refractivity contribution in [2.75, 3.05) is 18.0 Å². The standard InChI is InChI=1S/C19H30N4O/c1-15-20-17(19(24)22-16-10-6-2-3-7-11-16)14-18(21-15)23-12-8-4-5-9-13-23/h14,16H,2-13H2,1H3,(H,22,24). The molecule has 0 bridgehead atoms. The van der Waals surface area contributed by atoms with Gasteiger partial charge in [-0.2, -0.15) is 0 Å². The van der Waals surface area contributed by atoms with E-state index in [0.717, 1.165) is 31.7 Å². The molecule has 1 aliphatic heterocycles. The Morgan fingerprint density at radius 3 is 2.29 bits per heavy atom. The van der Waals surface area contributed by atoms with Gasteiger partial charge in [0.25, 0.3) is 5.91 Å². The lowest BCUT2D eigenvalue weighted by Crippen LogP contribution is -2.35. The first-order chi connectivity index (χ1) is 11.7. The number of hydrogen-bond donors (Lipinski definition) is 1. The fourth-order valence-electron chi connectivity index (χ4n) is 3.81. The maximum Gasteiger partial charge on any atom is 0.270 e. The summed E-state index contributed by atoms with van der Waals surface area (Å²) in [5.41, 5.74) is 0.519. The van der Waals surface area contributed by atoms with Gasteiger partial charge in [-0.05, 0) is 32.6 Å². The van der Waals surface area contributed by atoms with Crippen LogP contribution >= 0.6 is 0 Å². The van der Waals surface area contributed by atoms with Crippen LogP contribution in [0, 0.1) is 6.92 Å². The first-order valence-corrected chi connectivity index (χ1v) is 9.64. The molecule has 0 spiro atoms. The second kappa shape index (κ2) is 8.45. The Labute approximate surface area is 145 Å². The molecule has 1 saturated heterocycles. The molecule has 1 aromatic rings. The van der Waals surface area contributed by atoms with E-state index >= 15 is 0 Å². The number of amides is 1. The fraction of sp³-hybridized carbons (Fsp3) is 0.737. The largest absolute Gasteiger partial charge is 0.356 e. The summed E-state index contributed by atoms with van der Waals surface area (Å²) < 4.78 is 0. The fourth-order valence-corrected chi connectivity index (χ4v) is 3.81. The molecule has 1 aromatic heterocycles. The third-order valence-electron chi connectivity index (χ3n) is 5.18. The van der Waals surface area contributed by atoms with Crippen LogP contribution in [0.2, 0.25) is 0 Å². The van der Waals surface area contributed by atoms with Gasteiger partial charge in [-0.1, -0.05) is 38.5 Å². The van der Waals surface area contributed by atoms with Crippen LogP contribution in [-0.2, 0) is 0 Å². The minimum absolute atomic E-state index is 0.0385. The van der Waals surface area contributed by atoms with Gasteiger partial charge in [0.1, 0.15) is 17.3 Å². The summed E-state index contributed by atoms with van der Waals surface area (Å²) in [6.07, 6.45) is 12.2. The number of rotatable bonds is 3. The molecule has 1 saturated carbocycles. The molecule has 0 radical (unpaired) electrons. The van der Waals surface area contributed by atoms with Crippen molar-refractivity contribution < 1.29 is 4.79 Å². The van der Waals surface area contributed by atoms with Gasteiger partial charge >= 0.3 is 0 Å². The molecule has 132 valence electrons. The van der Waals surface area contributed by atoms with Gasteiger partial charge < -0.3 is 10.2 Å². The highest BCUT2D eigenvalue weighted by Crippen LogP contribution is 2.20. The molecule has 5 heteroatoms. The predicted molar refractivity (Wildman–Crippen MR) is 96.4 cm³/mol. The summed E-state index contributed by atoms with van der Waals surface area (Å²) in [6, 6.07) is 2.18. The summed E-state index contributed by atoms with van der Waals surface area (Å²) in [5.74, 6) is 1.56. The predicted octanol–water partition coefficient (Wildman–Crippen LogP) is 3.62. The van der Waals surface area contributed by atoms with Gasteiger partial charge in [0, 0.05) is 25.2 Å². The molecule has 2 heterocycles. The molecule has 2 fully saturated rings. The molecule has 0 unspecified atom stereocenters. The number of carbonyl (C=O) groups is 1. The zero-order valence-electron chi connectivity index (χ0n) is 14.9. The Morgan fingerprint density at radius 2 is 1.62 bits per heavy atom. The molecule has 24 heavy (non-hydrogen) atoms. The lowest BCUT2D eigenvalue weighted by atomic mass is 10.1. The third kappa shape index (κ3) is 4.68. The summed E-state index contributed by atoms with van der Waals surface area (Å²) in [5, 5.41) is 3.20. The van der Waals surface area contributed by atoms with Crippen molar-refractivity contribution in [3.63, 3.8) is 0 Å². The molecule has 1 N–H and O–H groups in total. The van der Waals surface area contributed by atoms with E-state index in [2.05, 4.69) is 20.2 Å². The van der Waals surface area contributed by atoms with Crippen LogP contribution in [-0.4, -0.2) is 35.0 Å². The minimum atomic E-state index is -0.0385. The number of aromatic nitrogens is 2. The summed E-state index contributed by atoms with van der Waals surface area (Å²) in [6.45, 7) is 3.93. The van der Waals surface area contributed by atoms with Crippen LogP contribution in [0.5, 0.6) is 0 Å². The van der Waals surface area contributed by atoms with E-state index in [1.165, 1.54) is 51.4 Å². The first-order valence-electron chi connectivity index (χ1n) is 9.64. The van der Waals surface area contributed by atoms with Crippen LogP contribution in [0.25, 0.3) is 0 Å². The highest BCUT2D eigenvalue weighted by molar-refractivity contribution is 5.93. The normalized spacial score (nSPS) is 20.3. The van der Waals surface area contributed by atoms with Crippen molar-refractivity contribution in [3.05, 3.63) is 17.6 Å². The van der Waals surface area contributed by atoms with Crippen LogP contribution in [0.4, 0.5) is 5.82 Å². The molecule has 3 rings (SSSR count). The lowest BCUT2D eigenvalue weighted by Gasteiger charge is -2.22. The van der Waals surface area contributed by atoms with Crippen molar-refractivity contribution in [1.82, 2.24) is 15.3 Å². The molecule has 2 aliphatic rings. The quantitative estimate of drug-likeness (QED) is 0.860. The van der Waals surface area contributed by atoms with Crippen molar-refractivity contribution in [2.24, 2.45) is 0 Å². The van der Waals surface area contributed by atoms with Gasteiger partial charge in [0.15, 0.2) is 0 Å². The van der Waals surface area contributed by atoms with Crippen LogP contribution < -0.4 is 10.2 Å². The van der Waals surface area contributed by atoms with Crippen molar-refractivity contribution in [3.8, 4) is 0 Å². The maximum atomic E-state index is 12.7. The van der Waals surface area contributed by atoms with E-state index in [-0.39, 0.29) is 5.91 Å². The highest BCUT2D eigenvalue weighted by atomic mass is 16.1. The van der Waals surface area contributed by atoms with Crippen LogP contribution in [0.3, 0.4) is 0 Å². The highest BCUT2D eigenvalue weighted by Gasteiger charge is 2.19. The Morgan fingerprint density at radius 1 is 1.00 bits per heavy atom. The zero-order valence-corrected chi connectivity index (χ0v) is 14.9. The van der Waals surface area contributed by atoms with Crippen molar-refractivity contribution >= 4 is 11.7 Å². The second-order valence-corrected chi connectivity index (χ2v) is 7.22. The Bertz CT molecular complexity index is 544. The molecule has 0 aromatic carbocycles. The first kappa shape index (κ1) is 17.2. The zero-order chi connectivity index (χ0) is 16.8. The second-order valence-electron chi connectivity index (χ2n) is 7.22. The van der Waals surface area contributed by atoms with E-state index in [1.54, 1.807) is 0 Å². The molecule has 5 nitrogen and oxygen atoms in total. The van der Waals surface area contributed by atoms with E-state index in [4.69, 9.17) is 0 Å². The molecule has 0 atom stereocenters. The van der Waals surface area contributed by atoms with E-state index < -0.39 is 0 Å². The van der Waals surface area contributed by atoms with E-state index in [0.29, 0.717) is 17.6 Å². The average molecular weight is 330 g/mol. The molecule has 1 aliphatic carbocycles. The van der Waals surface area contributed by atoms with E-state index in [1.807, 2.05) is 13.0 Å². The number of nitrogens with one attached hydrogen (secondary N) is 1. The Kier molecular flexibility index (Phi) is 6.05. The monoisotopic (exact) mass is 330 g/mol. The molecular weight excluding hydrogens is 300 g/mol. The van der Waals surface area contributed by atoms with Gasteiger partial charge in [0.2, 0.25) is 0 Å². The number of hydrogen-bond acceptors (Lipinski definition) is 4. The summed E-state index contributed by atoms with van der Waals surface area (Å²) >= 11 is 0. The van der Waals surface area contributed by atoms with Crippen LogP contribution in [0.15, 0.2) is 6.07 Å². The Balaban J connectivity index is 1.71. The maximum absolute atomic E-state index is 12.7. The third-order valence-corrected chi connectivity index (χ3v) is 5.18. The van der Waals surface area contributed by atoms with Gasteiger partial charge in [-0.15, -0.1) is 0 Å². The minimum Gasteiger partial charge on any atom is -0.356 e. The average Bonchev–Trinajstić information content (AvgIpc) is 2.99. The SMILES string of the molecule is Cc1nc(C(=O)NC2CCCCCC2)cc(N2CCCCCC2)n1. The van der Waals surface area contributed by atoms with E-state index in [9.17, 15) is 4.79 Å². The van der Waals surface area contributed by atoms with Gasteiger partial charge in [-0.25, -0.2) is 9.97 Å². The smallest absolute Gasteiger partial charge is 0.270 e. The van der Waals surface area contributed by atoms with Crippen molar-refractivity contribution in [1.29, 1.82) is 0 Å². The van der Waals surface area contributed by atoms with Gasteiger partial charge in [0.05, 0.1) is 0 Å². The number of aryl methyl sites for hydroxylation is 1. The Hall–Kier alpha value is -1.65. The molecular formula is C19H30N4O. The van der Waals surface area contributed by atoms with Crippen molar-refractivity contribution in [2.45, 2.75) is 77.2 Å². The lowest BCUT2D eigenvalue weighted by molar-refractivity contribution is 0.0928. The number of nitrogens with zero attached hydrogens (tertiary/aromatic N) is 3. The van der Waals surface area contributed by atoms with Gasteiger partial charge in [-0.3, -0.25) is 4.79 Å². The molecule has 1 amide bonds.